The van der Waals surface area contributed by atoms with E-state index in [0.717, 1.165) is 6.54 Å². The molecule has 1 N–H and O–H groups in total. The Labute approximate surface area is 97.3 Å². The van der Waals surface area contributed by atoms with Crippen molar-refractivity contribution in [1.29, 1.82) is 5.26 Å². The zero-order valence-electron chi connectivity index (χ0n) is 9.86. The van der Waals surface area contributed by atoms with Gasteiger partial charge >= 0.3 is 0 Å². The van der Waals surface area contributed by atoms with Crippen molar-refractivity contribution in [2.75, 3.05) is 37.7 Å². The molecule has 0 aromatic carbocycles. The van der Waals surface area contributed by atoms with E-state index in [2.05, 4.69) is 11.4 Å². The van der Waals surface area contributed by atoms with Crippen LogP contribution in [-0.4, -0.2) is 56.5 Å². The van der Waals surface area contributed by atoms with Crippen molar-refractivity contribution in [3.05, 3.63) is 0 Å². The first-order chi connectivity index (χ1) is 7.41. The van der Waals surface area contributed by atoms with Gasteiger partial charge in [-0.2, -0.15) is 5.26 Å². The monoisotopic (exact) mass is 245 g/mol. The number of likely N-dealkylation sites (N-methyl/N-ethyl adjacent to an activating group) is 1. The highest BCUT2D eigenvalue weighted by Crippen LogP contribution is 2.10. The molecule has 0 radical (unpaired) electrons. The van der Waals surface area contributed by atoms with Crippen LogP contribution >= 0.6 is 0 Å². The predicted molar refractivity (Wildman–Crippen MR) is 62.8 cm³/mol. The molecular formula is C10H19N3O2S. The number of hydrogen-bond donors (Lipinski definition) is 1. The van der Waals surface area contributed by atoms with Crippen LogP contribution in [0, 0.1) is 11.3 Å². The van der Waals surface area contributed by atoms with Crippen LogP contribution in [0.3, 0.4) is 0 Å². The van der Waals surface area contributed by atoms with E-state index in [9.17, 15) is 8.42 Å². The lowest BCUT2D eigenvalue weighted by Crippen LogP contribution is -2.53. The third-order valence-corrected chi connectivity index (χ3v) is 4.40. The summed E-state index contributed by atoms with van der Waals surface area (Å²) in [6.07, 6.45) is 0. The number of nitrogens with one attached hydrogen (secondary N) is 1. The van der Waals surface area contributed by atoms with Gasteiger partial charge in [-0.1, -0.05) is 6.92 Å². The van der Waals surface area contributed by atoms with E-state index >= 15 is 0 Å². The molecule has 5 nitrogen and oxygen atoms in total. The molecule has 0 saturated carbocycles. The maximum Gasteiger partial charge on any atom is 0.152 e. The first-order valence-electron chi connectivity index (χ1n) is 5.50. The van der Waals surface area contributed by atoms with Crippen molar-refractivity contribution in [2.45, 2.75) is 19.4 Å². The largest absolute Gasteiger partial charge is 0.299 e. The van der Waals surface area contributed by atoms with E-state index in [1.807, 2.05) is 18.7 Å². The molecule has 0 spiro atoms. The maximum atomic E-state index is 11.2. The highest BCUT2D eigenvalue weighted by Gasteiger charge is 2.29. The summed E-state index contributed by atoms with van der Waals surface area (Å²) in [5.41, 5.74) is -0.587. The molecule has 0 amide bonds. The third kappa shape index (κ3) is 3.74. The van der Waals surface area contributed by atoms with E-state index in [0.29, 0.717) is 19.6 Å². The van der Waals surface area contributed by atoms with Gasteiger partial charge in [-0.05, 0) is 13.5 Å². The number of sulfone groups is 1. The first kappa shape index (κ1) is 13.4. The van der Waals surface area contributed by atoms with Gasteiger partial charge in [0.1, 0.15) is 5.54 Å². The van der Waals surface area contributed by atoms with Gasteiger partial charge in [-0.25, -0.2) is 8.42 Å². The molecule has 0 aromatic rings. The van der Waals surface area contributed by atoms with Crippen molar-refractivity contribution >= 4 is 9.84 Å². The van der Waals surface area contributed by atoms with Crippen LogP contribution in [0.15, 0.2) is 0 Å². The molecular weight excluding hydrogens is 226 g/mol. The Balaban J connectivity index is 2.53. The summed E-state index contributed by atoms with van der Waals surface area (Å²) < 4.78 is 22.5. The van der Waals surface area contributed by atoms with Crippen LogP contribution in [0.1, 0.15) is 13.8 Å². The van der Waals surface area contributed by atoms with Crippen molar-refractivity contribution in [2.24, 2.45) is 0 Å². The van der Waals surface area contributed by atoms with E-state index in [1.54, 1.807) is 0 Å². The van der Waals surface area contributed by atoms with Crippen LogP contribution < -0.4 is 5.32 Å². The molecule has 16 heavy (non-hydrogen) atoms. The van der Waals surface area contributed by atoms with Gasteiger partial charge in [-0.3, -0.25) is 10.2 Å². The van der Waals surface area contributed by atoms with Crippen LogP contribution in [-0.2, 0) is 9.84 Å². The first-order valence-corrected chi connectivity index (χ1v) is 7.32. The summed E-state index contributed by atoms with van der Waals surface area (Å²) in [4.78, 5) is 2.03. The number of hydrogen-bond acceptors (Lipinski definition) is 5. The summed E-state index contributed by atoms with van der Waals surface area (Å²) in [5, 5.41) is 12.2. The van der Waals surface area contributed by atoms with E-state index in [4.69, 9.17) is 5.26 Å². The summed E-state index contributed by atoms with van der Waals surface area (Å²) in [6.45, 7) is 6.18. The summed E-state index contributed by atoms with van der Waals surface area (Å²) in [5.74, 6) is 0.418. The van der Waals surface area contributed by atoms with Gasteiger partial charge in [0.25, 0.3) is 0 Å². The lowest BCUT2D eigenvalue weighted by Gasteiger charge is -2.33. The van der Waals surface area contributed by atoms with Crippen LogP contribution in [0.5, 0.6) is 0 Å². The smallest absolute Gasteiger partial charge is 0.152 e. The average Bonchev–Trinajstić information content (AvgIpc) is 2.22. The number of nitriles is 1. The second kappa shape index (κ2) is 5.13. The van der Waals surface area contributed by atoms with Gasteiger partial charge in [0, 0.05) is 19.6 Å². The topological polar surface area (TPSA) is 73.2 Å². The van der Waals surface area contributed by atoms with Gasteiger partial charge in [0.05, 0.1) is 17.6 Å². The Bertz CT molecular complexity index is 360. The molecule has 1 aliphatic rings. The molecule has 1 aliphatic heterocycles. The highest BCUT2D eigenvalue weighted by atomic mass is 32.2. The number of rotatable bonds is 4. The van der Waals surface area contributed by atoms with Crippen molar-refractivity contribution in [3.8, 4) is 6.07 Å². The standard InChI is InChI=1S/C10H19N3O2S/c1-3-12-10(2,8-11)9-13-4-6-16(14,15)7-5-13/h12H,3-7,9H2,1-2H3. The lowest BCUT2D eigenvalue weighted by molar-refractivity contribution is 0.236. The number of nitrogens with zero attached hydrogens (tertiary/aromatic N) is 2. The predicted octanol–water partition coefficient (Wildman–Crippen LogP) is -0.391. The Morgan fingerprint density at radius 3 is 2.44 bits per heavy atom. The Hall–Kier alpha value is -0.640. The van der Waals surface area contributed by atoms with Crippen molar-refractivity contribution in [3.63, 3.8) is 0 Å². The Morgan fingerprint density at radius 1 is 1.44 bits per heavy atom. The Morgan fingerprint density at radius 2 is 2.00 bits per heavy atom. The maximum absolute atomic E-state index is 11.2. The van der Waals surface area contributed by atoms with Gasteiger partial charge in [0.15, 0.2) is 9.84 Å². The van der Waals surface area contributed by atoms with Crippen LogP contribution in [0.4, 0.5) is 0 Å². The molecule has 1 atom stereocenters. The average molecular weight is 245 g/mol. The minimum atomic E-state index is -2.84. The molecule has 1 heterocycles. The fourth-order valence-corrected chi connectivity index (χ4v) is 3.15. The van der Waals surface area contributed by atoms with Gasteiger partial charge in [0.2, 0.25) is 0 Å². The lowest BCUT2D eigenvalue weighted by atomic mass is 10.0. The molecule has 6 heteroatoms. The second-order valence-corrected chi connectivity index (χ2v) is 6.71. The van der Waals surface area contributed by atoms with Crippen molar-refractivity contribution < 1.29 is 8.42 Å². The summed E-state index contributed by atoms with van der Waals surface area (Å²) in [7, 11) is -2.84. The molecule has 0 bridgehead atoms. The fourth-order valence-electron chi connectivity index (χ4n) is 1.88. The van der Waals surface area contributed by atoms with Crippen LogP contribution in [0.25, 0.3) is 0 Å². The SMILES string of the molecule is CCNC(C)(C#N)CN1CCS(=O)(=O)CC1. The third-order valence-electron chi connectivity index (χ3n) is 2.79. The van der Waals surface area contributed by atoms with Gasteiger partial charge in [-0.15, -0.1) is 0 Å². The van der Waals surface area contributed by atoms with Crippen molar-refractivity contribution in [1.82, 2.24) is 10.2 Å². The minimum Gasteiger partial charge on any atom is -0.299 e. The normalized spacial score (nSPS) is 24.6. The van der Waals surface area contributed by atoms with E-state index in [-0.39, 0.29) is 11.5 Å². The minimum absolute atomic E-state index is 0.209. The Kier molecular flexibility index (Phi) is 4.30. The quantitative estimate of drug-likeness (QED) is 0.730. The van der Waals surface area contributed by atoms with E-state index < -0.39 is 15.4 Å². The van der Waals surface area contributed by atoms with E-state index in [1.165, 1.54) is 0 Å². The molecule has 0 aliphatic carbocycles. The molecule has 1 rings (SSSR count). The molecule has 0 aromatic heterocycles. The zero-order valence-corrected chi connectivity index (χ0v) is 10.7. The molecule has 92 valence electrons. The molecule has 1 fully saturated rings. The second-order valence-electron chi connectivity index (χ2n) is 4.40. The zero-order chi connectivity index (χ0) is 12.2. The highest BCUT2D eigenvalue weighted by molar-refractivity contribution is 7.91. The summed E-state index contributed by atoms with van der Waals surface area (Å²) >= 11 is 0. The fraction of sp³-hybridized carbons (Fsp3) is 0.900. The molecule has 1 saturated heterocycles. The van der Waals surface area contributed by atoms with Gasteiger partial charge < -0.3 is 0 Å². The summed E-state index contributed by atoms with van der Waals surface area (Å²) in [6, 6.07) is 2.25. The molecule has 1 unspecified atom stereocenters. The van der Waals surface area contributed by atoms with Crippen LogP contribution in [0.2, 0.25) is 0 Å².